The molecular formula is C26H39N5O8Si. The number of ketones is 4. The summed E-state index contributed by atoms with van der Waals surface area (Å²) in [4.78, 5) is 63.2. The Bertz CT molecular complexity index is 1320. The molecule has 3 rings (SSSR count). The average Bonchev–Trinajstić information content (AvgIpc) is 3.38. The first-order valence-corrected chi connectivity index (χ1v) is 16.0. The van der Waals surface area contributed by atoms with Crippen LogP contribution in [0, 0.1) is 0 Å². The number of rotatable bonds is 12. The minimum absolute atomic E-state index is 0.0267. The highest BCUT2D eigenvalue weighted by Gasteiger charge is 2.73. The summed E-state index contributed by atoms with van der Waals surface area (Å²) in [6.45, 7) is 12.2. The molecule has 4 N–H and O–H groups in total. The number of nitrogen functional groups attached to an aromatic ring is 1. The quantitative estimate of drug-likeness (QED) is 0.309. The Morgan fingerprint density at radius 2 is 1.55 bits per heavy atom. The van der Waals surface area contributed by atoms with Crippen LogP contribution < -0.4 is 5.73 Å². The summed E-state index contributed by atoms with van der Waals surface area (Å²) < 4.78 is 13.6. The maximum absolute atomic E-state index is 13.8. The van der Waals surface area contributed by atoms with Crippen molar-refractivity contribution >= 4 is 48.4 Å². The van der Waals surface area contributed by atoms with Crippen LogP contribution in [0.25, 0.3) is 11.2 Å². The second-order valence-corrected chi connectivity index (χ2v) is 16.7. The van der Waals surface area contributed by atoms with Crippen molar-refractivity contribution in [3.63, 3.8) is 0 Å². The van der Waals surface area contributed by atoms with Crippen LogP contribution in [0.3, 0.4) is 0 Å². The molecule has 220 valence electrons. The number of ether oxygens (including phenoxy) is 1. The number of Topliss-reactive ketones (excluding diaryl/α,β-unsaturated/α-hetero) is 4. The first kappa shape index (κ1) is 31.6. The molecule has 0 bridgehead atoms. The monoisotopic (exact) mass is 577 g/mol. The molecule has 1 aliphatic heterocycles. The highest BCUT2D eigenvalue weighted by Crippen LogP contribution is 2.50. The first-order chi connectivity index (χ1) is 18.4. The minimum atomic E-state index is -2.90. The summed E-state index contributed by atoms with van der Waals surface area (Å²) in [7, 11) is -2.47. The van der Waals surface area contributed by atoms with E-state index < -0.39 is 56.3 Å². The molecular weight excluding hydrogens is 538 g/mol. The second-order valence-electron chi connectivity index (χ2n) is 11.9. The maximum Gasteiger partial charge on any atom is 0.207 e. The molecule has 13 nitrogen and oxygen atoms in total. The third-order valence-electron chi connectivity index (χ3n) is 8.00. The van der Waals surface area contributed by atoms with E-state index in [1.54, 1.807) is 0 Å². The predicted octanol–water partition coefficient (Wildman–Crippen LogP) is 1.67. The molecule has 0 saturated carbocycles. The zero-order valence-electron chi connectivity index (χ0n) is 24.1. The van der Waals surface area contributed by atoms with Gasteiger partial charge in [-0.2, -0.15) is 0 Å². The van der Waals surface area contributed by atoms with Crippen molar-refractivity contribution in [3.8, 4) is 0 Å². The van der Waals surface area contributed by atoms with Gasteiger partial charge >= 0.3 is 0 Å². The van der Waals surface area contributed by atoms with Gasteiger partial charge < -0.3 is 34.7 Å². The summed E-state index contributed by atoms with van der Waals surface area (Å²) in [5.74, 6) is -2.58. The minimum Gasteiger partial charge on any atom is -0.414 e. The van der Waals surface area contributed by atoms with Crippen LogP contribution in [0.4, 0.5) is 5.82 Å². The summed E-state index contributed by atoms with van der Waals surface area (Å²) in [6.07, 6.45) is -2.26. The van der Waals surface area contributed by atoms with E-state index in [4.69, 9.17) is 14.9 Å². The maximum atomic E-state index is 13.8. The molecule has 2 aromatic rings. The highest BCUT2D eigenvalue weighted by molar-refractivity contribution is 6.74. The summed E-state index contributed by atoms with van der Waals surface area (Å²) in [5.41, 5.74) is 0.425. The topological polar surface area (TPSA) is 197 Å². The number of carbonyl (C=O) groups excluding carboxylic acids is 4. The Morgan fingerprint density at radius 1 is 1.00 bits per heavy atom. The van der Waals surface area contributed by atoms with Crippen LogP contribution in [0.5, 0.6) is 0 Å². The molecule has 0 unspecified atom stereocenters. The largest absolute Gasteiger partial charge is 0.414 e. The lowest BCUT2D eigenvalue weighted by Gasteiger charge is -2.40. The number of nitrogens with two attached hydrogens (primary N) is 1. The van der Waals surface area contributed by atoms with Gasteiger partial charge in [0.05, 0.1) is 12.9 Å². The second kappa shape index (κ2) is 11.2. The molecule has 0 amide bonds. The average molecular weight is 578 g/mol. The van der Waals surface area contributed by atoms with E-state index in [1.807, 2.05) is 33.9 Å². The van der Waals surface area contributed by atoms with Crippen molar-refractivity contribution in [3.05, 3.63) is 12.7 Å². The molecule has 0 aromatic carbocycles. The number of hydrogen-bond acceptors (Lipinski definition) is 12. The van der Waals surface area contributed by atoms with Crippen molar-refractivity contribution in [1.29, 1.82) is 0 Å². The number of fused-ring (bicyclic) bond motifs is 1. The van der Waals surface area contributed by atoms with Crippen LogP contribution in [-0.4, -0.2) is 85.1 Å². The molecule has 0 radical (unpaired) electrons. The smallest absolute Gasteiger partial charge is 0.207 e. The molecule has 1 fully saturated rings. The van der Waals surface area contributed by atoms with Gasteiger partial charge in [0.25, 0.3) is 0 Å². The van der Waals surface area contributed by atoms with E-state index in [0.717, 1.165) is 6.33 Å². The van der Waals surface area contributed by atoms with Gasteiger partial charge in [0, 0.05) is 25.7 Å². The molecule has 0 aliphatic carbocycles. The standard InChI is InChI=1S/C26H39N5O8Si/c1-15(32)8-10-17(34)25(36)19(12-38-40(6,7)24(3,4)5)39-23(26(25,37)18(35)11-9-16(2)33)31-14-30-20-21(27)28-13-29-22(20)31/h13-14,19,23,36-37H,8-12H2,1-7H3,(H2,27,28,29)/t19-,23-,25-,26-/m1/s1. The summed E-state index contributed by atoms with van der Waals surface area (Å²) in [5, 5.41) is 24.2. The van der Waals surface area contributed by atoms with Crippen LogP contribution in [0.15, 0.2) is 12.7 Å². The van der Waals surface area contributed by atoms with Crippen LogP contribution in [0.2, 0.25) is 18.1 Å². The Morgan fingerprint density at radius 3 is 2.08 bits per heavy atom. The van der Waals surface area contributed by atoms with E-state index in [1.165, 1.54) is 24.7 Å². The fraction of sp³-hybridized carbons (Fsp3) is 0.654. The van der Waals surface area contributed by atoms with Gasteiger partial charge in [-0.25, -0.2) is 15.0 Å². The SMILES string of the molecule is CC(=O)CCC(=O)[C@@]1(O)[C@@H](CO[Si](C)(C)C(C)(C)C)O[C@@H](n2cnc3c(N)ncnc32)[C@]1(O)C(=O)CCC(C)=O. The molecule has 4 atom stereocenters. The van der Waals surface area contributed by atoms with E-state index in [0.29, 0.717) is 0 Å². The molecule has 3 heterocycles. The van der Waals surface area contributed by atoms with E-state index in [2.05, 4.69) is 15.0 Å². The number of hydrogen-bond donors (Lipinski definition) is 3. The normalized spacial score (nSPS) is 25.3. The molecule has 14 heteroatoms. The molecule has 1 aliphatic rings. The van der Waals surface area contributed by atoms with Crippen molar-refractivity contribution in [1.82, 2.24) is 19.5 Å². The molecule has 40 heavy (non-hydrogen) atoms. The van der Waals surface area contributed by atoms with Crippen molar-refractivity contribution in [2.75, 3.05) is 12.3 Å². The number of carbonyl (C=O) groups is 4. The Labute approximate surface area is 233 Å². The lowest BCUT2D eigenvalue weighted by atomic mass is 9.72. The Kier molecular flexibility index (Phi) is 8.82. The number of nitrogens with zero attached hydrogens (tertiary/aromatic N) is 4. The Balaban J connectivity index is 2.21. The van der Waals surface area contributed by atoms with E-state index >= 15 is 0 Å². The van der Waals surface area contributed by atoms with Crippen LogP contribution in [0.1, 0.15) is 66.5 Å². The van der Waals surface area contributed by atoms with Gasteiger partial charge in [0.1, 0.15) is 29.5 Å². The van der Waals surface area contributed by atoms with Crippen LogP contribution >= 0.6 is 0 Å². The van der Waals surface area contributed by atoms with E-state index in [-0.39, 0.29) is 53.0 Å². The van der Waals surface area contributed by atoms with Crippen LogP contribution in [-0.2, 0) is 28.3 Å². The molecule has 2 aromatic heterocycles. The number of anilines is 1. The summed E-state index contributed by atoms with van der Waals surface area (Å²) in [6, 6.07) is 0. The van der Waals surface area contributed by atoms with Crippen molar-refractivity contribution < 1.29 is 38.6 Å². The van der Waals surface area contributed by atoms with Gasteiger partial charge in [-0.1, -0.05) is 20.8 Å². The van der Waals surface area contributed by atoms with Gasteiger partial charge in [-0.15, -0.1) is 0 Å². The van der Waals surface area contributed by atoms with Gasteiger partial charge in [-0.05, 0) is 32.0 Å². The van der Waals surface area contributed by atoms with Crippen molar-refractivity contribution in [2.45, 2.75) is 102 Å². The third kappa shape index (κ3) is 5.50. The fourth-order valence-corrected chi connectivity index (χ4v) is 5.46. The lowest BCUT2D eigenvalue weighted by molar-refractivity contribution is -0.184. The summed E-state index contributed by atoms with van der Waals surface area (Å²) >= 11 is 0. The van der Waals surface area contributed by atoms with Gasteiger partial charge in [0.2, 0.25) is 5.60 Å². The fourth-order valence-electron chi connectivity index (χ4n) is 4.46. The van der Waals surface area contributed by atoms with Gasteiger partial charge in [-0.3, -0.25) is 14.2 Å². The third-order valence-corrected chi connectivity index (χ3v) is 12.5. The van der Waals surface area contributed by atoms with Gasteiger partial charge in [0.15, 0.2) is 43.2 Å². The first-order valence-electron chi connectivity index (χ1n) is 13.1. The zero-order valence-corrected chi connectivity index (χ0v) is 25.1. The molecule has 1 saturated heterocycles. The highest BCUT2D eigenvalue weighted by atomic mass is 28.4. The van der Waals surface area contributed by atoms with E-state index in [9.17, 15) is 29.4 Å². The lowest BCUT2D eigenvalue weighted by Crippen LogP contribution is -2.67. The predicted molar refractivity (Wildman–Crippen MR) is 147 cm³/mol. The number of aromatic nitrogens is 4. The Hall–Kier alpha value is -2.91. The van der Waals surface area contributed by atoms with Crippen molar-refractivity contribution in [2.24, 2.45) is 0 Å². The zero-order chi connectivity index (χ0) is 30.3. The molecule has 0 spiro atoms. The number of imidazole rings is 1. The number of aliphatic hydroxyl groups is 2.